The Balaban J connectivity index is 1.87. The average molecular weight is 296 g/mol. The third-order valence-corrected chi connectivity index (χ3v) is 3.67. The number of aliphatic hydroxyl groups excluding tert-OH is 1. The van der Waals surface area contributed by atoms with Crippen molar-refractivity contribution in [3.05, 3.63) is 12.2 Å². The van der Waals surface area contributed by atoms with Crippen molar-refractivity contribution in [1.29, 1.82) is 0 Å². The number of hydrogen-bond donors (Lipinski definition) is 1. The minimum Gasteiger partial charge on any atom is -0.454 e. The number of likely N-dealkylation sites (N-methyl/N-ethyl adjacent to an activating group) is 1. The third-order valence-electron chi connectivity index (χ3n) is 3.67. The van der Waals surface area contributed by atoms with Crippen LogP contribution in [-0.4, -0.2) is 80.4 Å². The highest BCUT2D eigenvalue weighted by molar-refractivity contribution is 5.88. The smallest absolute Gasteiger partial charge is 0.339 e. The molecule has 0 amide bonds. The van der Waals surface area contributed by atoms with Crippen LogP contribution in [-0.2, 0) is 19.0 Å². The molecular weight excluding hydrogens is 274 g/mol. The Kier molecular flexibility index (Phi) is 4.69. The van der Waals surface area contributed by atoms with Gasteiger partial charge < -0.3 is 23.8 Å². The van der Waals surface area contributed by atoms with Crippen LogP contribution in [0.25, 0.3) is 0 Å². The van der Waals surface area contributed by atoms with E-state index >= 15 is 0 Å². The van der Waals surface area contributed by atoms with Crippen molar-refractivity contribution in [2.75, 3.05) is 40.4 Å². The number of aliphatic hydroxyl groups is 1. The number of ether oxygens (including phenoxy) is 3. The van der Waals surface area contributed by atoms with Gasteiger partial charge in [-0.2, -0.15) is 0 Å². The van der Waals surface area contributed by atoms with E-state index in [2.05, 4.69) is 12.5 Å². The summed E-state index contributed by atoms with van der Waals surface area (Å²) in [6.07, 6.45) is 3.33. The maximum atomic E-state index is 12.1. The standard InChI is InChI=1S/C15H22NO5/c1-5-6-16(3,4)7-10(2)15(18)21-12-9-20-13-11(17)8-19-14(12)13/h1,11-14,17H,2,6-9H2,3-4H3/q+1/t11-,12+,13-,14-/m1/s1. The van der Waals surface area contributed by atoms with E-state index in [1.54, 1.807) is 0 Å². The normalized spacial score (nSPS) is 31.5. The molecule has 2 aliphatic rings. The van der Waals surface area contributed by atoms with Crippen molar-refractivity contribution in [3.63, 3.8) is 0 Å². The van der Waals surface area contributed by atoms with Gasteiger partial charge in [0.15, 0.2) is 6.10 Å². The van der Waals surface area contributed by atoms with E-state index in [1.165, 1.54) is 0 Å². The molecule has 0 saturated carbocycles. The fourth-order valence-electron chi connectivity index (χ4n) is 2.65. The van der Waals surface area contributed by atoms with Crippen LogP contribution >= 0.6 is 0 Å². The minimum absolute atomic E-state index is 0.205. The number of esters is 1. The lowest BCUT2D eigenvalue weighted by Crippen LogP contribution is -2.43. The number of terminal acetylenes is 1. The van der Waals surface area contributed by atoms with Crippen molar-refractivity contribution in [3.8, 4) is 12.3 Å². The van der Waals surface area contributed by atoms with Crippen LogP contribution in [0.15, 0.2) is 12.2 Å². The monoisotopic (exact) mass is 296 g/mol. The maximum Gasteiger partial charge on any atom is 0.339 e. The van der Waals surface area contributed by atoms with E-state index in [1.807, 2.05) is 14.1 Å². The summed E-state index contributed by atoms with van der Waals surface area (Å²) in [7, 11) is 3.84. The summed E-state index contributed by atoms with van der Waals surface area (Å²) in [4.78, 5) is 12.1. The first-order valence-corrected chi connectivity index (χ1v) is 6.89. The van der Waals surface area contributed by atoms with Gasteiger partial charge in [0.1, 0.15) is 31.4 Å². The van der Waals surface area contributed by atoms with Crippen molar-refractivity contribution < 1.29 is 28.6 Å². The molecule has 4 atom stereocenters. The molecule has 2 heterocycles. The van der Waals surface area contributed by atoms with E-state index in [-0.39, 0.29) is 13.2 Å². The molecule has 2 fully saturated rings. The first-order valence-electron chi connectivity index (χ1n) is 6.89. The average Bonchev–Trinajstić information content (AvgIpc) is 2.93. The molecule has 6 nitrogen and oxygen atoms in total. The van der Waals surface area contributed by atoms with Crippen molar-refractivity contribution in [2.24, 2.45) is 0 Å². The van der Waals surface area contributed by atoms with Crippen LogP contribution in [0.5, 0.6) is 0 Å². The van der Waals surface area contributed by atoms with Crippen LogP contribution in [0.1, 0.15) is 0 Å². The Morgan fingerprint density at radius 2 is 2.10 bits per heavy atom. The first kappa shape index (κ1) is 16.0. The van der Waals surface area contributed by atoms with Gasteiger partial charge in [-0.15, -0.1) is 6.42 Å². The highest BCUT2D eigenvalue weighted by Crippen LogP contribution is 2.29. The minimum atomic E-state index is -0.659. The molecule has 116 valence electrons. The zero-order valence-corrected chi connectivity index (χ0v) is 12.4. The predicted molar refractivity (Wildman–Crippen MR) is 75.2 cm³/mol. The van der Waals surface area contributed by atoms with Gasteiger partial charge in [-0.25, -0.2) is 4.79 Å². The number of carbonyl (C=O) groups excluding carboxylic acids is 1. The van der Waals surface area contributed by atoms with Crippen LogP contribution in [0.4, 0.5) is 0 Å². The number of carbonyl (C=O) groups is 1. The molecule has 1 N–H and O–H groups in total. The molecule has 0 aliphatic carbocycles. The van der Waals surface area contributed by atoms with Gasteiger partial charge in [-0.05, 0) is 5.92 Å². The van der Waals surface area contributed by atoms with Crippen molar-refractivity contribution in [2.45, 2.75) is 24.4 Å². The van der Waals surface area contributed by atoms with Crippen molar-refractivity contribution >= 4 is 5.97 Å². The molecule has 2 rings (SSSR count). The summed E-state index contributed by atoms with van der Waals surface area (Å²) >= 11 is 0. The Morgan fingerprint density at radius 1 is 1.43 bits per heavy atom. The SMILES string of the molecule is C#CC[N+](C)(C)CC(=C)C(=O)O[C@H]1CO[C@H]2[C@@H]1OC[C@H]2O. The molecular formula is C15H22NO5+. The Hall–Kier alpha value is -1.39. The molecule has 0 radical (unpaired) electrons. The highest BCUT2D eigenvalue weighted by atomic mass is 16.6. The Labute approximate surface area is 124 Å². The molecule has 2 saturated heterocycles. The second-order valence-corrected chi connectivity index (χ2v) is 6.17. The van der Waals surface area contributed by atoms with Gasteiger partial charge in [-0.1, -0.05) is 6.58 Å². The predicted octanol–water partition coefficient (Wildman–Crippen LogP) is -0.677. The molecule has 0 aromatic heterocycles. The lowest BCUT2D eigenvalue weighted by molar-refractivity contribution is -0.878. The Bertz CT molecular complexity index is 467. The maximum absolute atomic E-state index is 12.1. The fourth-order valence-corrected chi connectivity index (χ4v) is 2.65. The fraction of sp³-hybridized carbons (Fsp3) is 0.667. The van der Waals surface area contributed by atoms with Crippen LogP contribution in [0, 0.1) is 12.3 Å². The van der Waals surface area contributed by atoms with E-state index < -0.39 is 30.4 Å². The van der Waals surface area contributed by atoms with E-state index in [9.17, 15) is 9.90 Å². The van der Waals surface area contributed by atoms with Gasteiger partial charge in [-0.3, -0.25) is 0 Å². The molecule has 0 unspecified atom stereocenters. The summed E-state index contributed by atoms with van der Waals surface area (Å²) in [6, 6.07) is 0. The largest absolute Gasteiger partial charge is 0.454 e. The first-order chi connectivity index (χ1) is 9.84. The Morgan fingerprint density at radius 3 is 2.76 bits per heavy atom. The van der Waals surface area contributed by atoms with Gasteiger partial charge in [0.25, 0.3) is 0 Å². The molecule has 6 heteroatoms. The van der Waals surface area contributed by atoms with Crippen LogP contribution in [0.2, 0.25) is 0 Å². The van der Waals surface area contributed by atoms with E-state index in [4.69, 9.17) is 20.6 Å². The zero-order chi connectivity index (χ0) is 15.6. The number of rotatable bonds is 5. The van der Waals surface area contributed by atoms with Gasteiger partial charge in [0.05, 0.1) is 32.9 Å². The third kappa shape index (κ3) is 3.63. The van der Waals surface area contributed by atoms with Gasteiger partial charge in [0, 0.05) is 0 Å². The molecule has 21 heavy (non-hydrogen) atoms. The molecule has 0 bridgehead atoms. The lowest BCUT2D eigenvalue weighted by Gasteiger charge is -2.28. The second kappa shape index (κ2) is 6.16. The van der Waals surface area contributed by atoms with Crippen molar-refractivity contribution in [1.82, 2.24) is 0 Å². The number of fused-ring (bicyclic) bond motifs is 1. The zero-order valence-electron chi connectivity index (χ0n) is 12.4. The highest BCUT2D eigenvalue weighted by Gasteiger charge is 2.49. The number of hydrogen-bond acceptors (Lipinski definition) is 5. The van der Waals surface area contributed by atoms with Gasteiger partial charge in [0.2, 0.25) is 0 Å². The molecule has 0 aromatic rings. The summed E-state index contributed by atoms with van der Waals surface area (Å²) in [5.41, 5.74) is 0.359. The van der Waals surface area contributed by atoms with Crippen LogP contribution in [0.3, 0.4) is 0 Å². The molecule has 0 aromatic carbocycles. The second-order valence-electron chi connectivity index (χ2n) is 6.17. The summed E-state index contributed by atoms with van der Waals surface area (Å²) < 4.78 is 16.7. The number of nitrogens with zero attached hydrogens (tertiary/aromatic N) is 1. The topological polar surface area (TPSA) is 65.0 Å². The van der Waals surface area contributed by atoms with Crippen LogP contribution < -0.4 is 0 Å². The number of quaternary nitrogens is 1. The summed E-state index contributed by atoms with van der Waals surface area (Å²) in [5, 5.41) is 9.64. The van der Waals surface area contributed by atoms with E-state index in [0.29, 0.717) is 23.1 Å². The van der Waals surface area contributed by atoms with Gasteiger partial charge >= 0.3 is 5.97 Å². The van der Waals surface area contributed by atoms with E-state index in [0.717, 1.165) is 0 Å². The lowest BCUT2D eigenvalue weighted by atomic mass is 10.1. The summed E-state index contributed by atoms with van der Waals surface area (Å²) in [5.74, 6) is 2.10. The summed E-state index contributed by atoms with van der Waals surface area (Å²) in [6.45, 7) is 5.12. The molecule has 2 aliphatic heterocycles. The quantitative estimate of drug-likeness (QED) is 0.315. The molecule has 0 spiro atoms.